The lowest BCUT2D eigenvalue weighted by Gasteiger charge is -2.49. The van der Waals surface area contributed by atoms with Gasteiger partial charge in [-0.3, -0.25) is 4.98 Å². The number of aryl methyl sites for hydroxylation is 3. The average Bonchev–Trinajstić information content (AvgIpc) is 3.16. The number of hydrogen-bond acceptors (Lipinski definition) is 2. The van der Waals surface area contributed by atoms with Gasteiger partial charge in [0.05, 0.1) is 16.8 Å². The van der Waals surface area contributed by atoms with Gasteiger partial charge in [-0.2, -0.15) is 0 Å². The number of benzene rings is 7. The van der Waals surface area contributed by atoms with Crippen LogP contribution in [-0.4, -0.2) is 4.98 Å². The second-order valence-electron chi connectivity index (χ2n) is 14.1. The second kappa shape index (κ2) is 10.8. The maximum atomic E-state index is 4.44. The van der Waals surface area contributed by atoms with Crippen molar-refractivity contribution in [2.75, 3.05) is 4.90 Å². The van der Waals surface area contributed by atoms with Crippen molar-refractivity contribution in [3.8, 4) is 11.1 Å². The van der Waals surface area contributed by atoms with Gasteiger partial charge in [0, 0.05) is 23.5 Å². The summed E-state index contributed by atoms with van der Waals surface area (Å²) in [5.41, 5.74) is 17.7. The van der Waals surface area contributed by atoms with Crippen LogP contribution in [0.2, 0.25) is 0 Å². The van der Waals surface area contributed by atoms with Crippen LogP contribution in [0.3, 0.4) is 0 Å². The Hall–Kier alpha value is -5.99. The first-order valence-electron chi connectivity index (χ1n) is 17.6. The summed E-state index contributed by atoms with van der Waals surface area (Å²) in [6.45, 7) is 6.60. The molecule has 0 saturated heterocycles. The third kappa shape index (κ3) is 3.99. The molecule has 1 aromatic heterocycles. The van der Waals surface area contributed by atoms with Gasteiger partial charge >= 0.3 is 0 Å². The van der Waals surface area contributed by atoms with E-state index < -0.39 is 5.41 Å². The summed E-state index contributed by atoms with van der Waals surface area (Å²) in [5, 5.41) is 4.92. The van der Waals surface area contributed by atoms with Crippen LogP contribution < -0.4 is 4.90 Å². The Balaban J connectivity index is 1.19. The second-order valence-corrected chi connectivity index (χ2v) is 14.1. The van der Waals surface area contributed by atoms with Crippen molar-refractivity contribution in [1.82, 2.24) is 4.98 Å². The van der Waals surface area contributed by atoms with E-state index in [1.807, 2.05) is 12.4 Å². The SMILES string of the molecule is Cc1ccc2c(c1)N(c1ccc3cc(-c4cc(C)c(C)c5cnccc45)ccc3c1)c1ccccc1C21c2ccccc2Cc2ccccc21. The van der Waals surface area contributed by atoms with E-state index in [1.54, 1.807) is 0 Å². The molecule has 50 heavy (non-hydrogen) atoms. The van der Waals surface area contributed by atoms with E-state index >= 15 is 0 Å². The molecule has 2 aliphatic rings. The van der Waals surface area contributed by atoms with Gasteiger partial charge in [-0.05, 0) is 141 Å². The highest BCUT2D eigenvalue weighted by Crippen LogP contribution is 2.60. The number of rotatable bonds is 2. The predicted octanol–water partition coefficient (Wildman–Crippen LogP) is 12.1. The fourth-order valence-corrected chi connectivity index (χ4v) is 9.02. The summed E-state index contributed by atoms with van der Waals surface area (Å²) in [4.78, 5) is 6.94. The molecule has 1 aliphatic carbocycles. The Morgan fingerprint density at radius 3 is 2.04 bits per heavy atom. The van der Waals surface area contributed by atoms with Gasteiger partial charge in [0.2, 0.25) is 0 Å². The zero-order valence-corrected chi connectivity index (χ0v) is 28.5. The molecule has 0 fully saturated rings. The summed E-state index contributed by atoms with van der Waals surface area (Å²) >= 11 is 0. The number of fused-ring (bicyclic) bond motifs is 10. The van der Waals surface area contributed by atoms with Crippen LogP contribution in [-0.2, 0) is 11.8 Å². The van der Waals surface area contributed by atoms with Crippen molar-refractivity contribution in [3.63, 3.8) is 0 Å². The van der Waals surface area contributed by atoms with Gasteiger partial charge in [-0.1, -0.05) is 103 Å². The van der Waals surface area contributed by atoms with Crippen LogP contribution in [0.4, 0.5) is 17.1 Å². The zero-order valence-electron chi connectivity index (χ0n) is 28.5. The summed E-state index contributed by atoms with van der Waals surface area (Å²) in [7, 11) is 0. The van der Waals surface area contributed by atoms with Crippen molar-refractivity contribution in [3.05, 3.63) is 202 Å². The van der Waals surface area contributed by atoms with Crippen LogP contribution in [0.25, 0.3) is 32.7 Å². The Bertz CT molecular complexity index is 2640. The average molecular weight is 641 g/mol. The van der Waals surface area contributed by atoms with Crippen LogP contribution in [0.5, 0.6) is 0 Å². The number of nitrogens with zero attached hydrogens (tertiary/aromatic N) is 2. The van der Waals surface area contributed by atoms with Crippen LogP contribution in [0, 0.1) is 20.8 Å². The van der Waals surface area contributed by atoms with Gasteiger partial charge in [-0.25, -0.2) is 0 Å². The molecule has 0 bridgehead atoms. The van der Waals surface area contributed by atoms with E-state index in [4.69, 9.17) is 0 Å². The zero-order chi connectivity index (χ0) is 33.6. The molecule has 8 aromatic rings. The monoisotopic (exact) mass is 640 g/mol. The van der Waals surface area contributed by atoms with E-state index in [-0.39, 0.29) is 0 Å². The highest BCUT2D eigenvalue weighted by Gasteiger charge is 2.49. The summed E-state index contributed by atoms with van der Waals surface area (Å²) < 4.78 is 0. The number of para-hydroxylation sites is 1. The molecule has 2 heteroatoms. The lowest BCUT2D eigenvalue weighted by Crippen LogP contribution is -2.41. The molecule has 1 spiro atoms. The Kier molecular flexibility index (Phi) is 6.23. The molecule has 1 aliphatic heterocycles. The number of pyridine rings is 1. The minimum absolute atomic E-state index is 0.419. The van der Waals surface area contributed by atoms with Gasteiger partial charge in [-0.15, -0.1) is 0 Å². The normalized spacial score (nSPS) is 13.9. The molecule has 0 unspecified atom stereocenters. The van der Waals surface area contributed by atoms with E-state index in [2.05, 4.69) is 170 Å². The summed E-state index contributed by atoms with van der Waals surface area (Å²) in [6.07, 6.45) is 4.85. The first-order chi connectivity index (χ1) is 24.5. The van der Waals surface area contributed by atoms with Crippen molar-refractivity contribution < 1.29 is 0 Å². The molecule has 0 saturated carbocycles. The molecule has 2 heterocycles. The summed E-state index contributed by atoms with van der Waals surface area (Å²) in [6, 6.07) is 52.7. The van der Waals surface area contributed by atoms with Crippen molar-refractivity contribution in [1.29, 1.82) is 0 Å². The first kappa shape index (κ1) is 29.0. The van der Waals surface area contributed by atoms with Gasteiger partial charge in [0.1, 0.15) is 0 Å². The molecule has 0 amide bonds. The van der Waals surface area contributed by atoms with E-state index in [9.17, 15) is 0 Å². The lowest BCUT2D eigenvalue weighted by molar-refractivity contribution is 0.692. The first-order valence-corrected chi connectivity index (χ1v) is 17.6. The molecule has 0 radical (unpaired) electrons. The largest absolute Gasteiger partial charge is 0.310 e. The molecule has 2 nitrogen and oxygen atoms in total. The van der Waals surface area contributed by atoms with Crippen molar-refractivity contribution in [2.45, 2.75) is 32.6 Å². The molecular formula is C48H36N2. The minimum Gasteiger partial charge on any atom is -0.310 e. The highest BCUT2D eigenvalue weighted by atomic mass is 15.2. The molecular weight excluding hydrogens is 605 g/mol. The van der Waals surface area contributed by atoms with Crippen LogP contribution in [0.1, 0.15) is 50.1 Å². The maximum absolute atomic E-state index is 4.44. The van der Waals surface area contributed by atoms with Gasteiger partial charge < -0.3 is 4.90 Å². The summed E-state index contributed by atoms with van der Waals surface area (Å²) in [5.74, 6) is 0. The molecule has 0 N–H and O–H groups in total. The molecule has 7 aromatic carbocycles. The van der Waals surface area contributed by atoms with Gasteiger partial charge in [0.15, 0.2) is 0 Å². The lowest BCUT2D eigenvalue weighted by atomic mass is 9.57. The van der Waals surface area contributed by atoms with E-state index in [0.717, 1.165) is 6.42 Å². The van der Waals surface area contributed by atoms with Crippen LogP contribution >= 0.6 is 0 Å². The minimum atomic E-state index is -0.419. The number of aromatic nitrogens is 1. The van der Waals surface area contributed by atoms with Crippen LogP contribution in [0.15, 0.2) is 152 Å². The smallest absolute Gasteiger partial charge is 0.0747 e. The standard InChI is InChI=1S/C48H36N2/c1-30-16-21-45-47(24-30)50(46-15-9-8-14-44(46)48(45)42-12-6-4-10-36(42)27-37-11-5-7-13-43(37)48)38-20-19-33-26-35(18-17-34(33)28-38)40-25-31(2)32(3)41-29-49-23-22-39(40)41/h4-26,28-29H,27H2,1-3H3. The Morgan fingerprint density at radius 1 is 0.560 bits per heavy atom. The Morgan fingerprint density at radius 2 is 1.24 bits per heavy atom. The fraction of sp³-hybridized carbons (Fsp3) is 0.104. The topological polar surface area (TPSA) is 16.1 Å². The fourth-order valence-electron chi connectivity index (χ4n) is 9.02. The maximum Gasteiger partial charge on any atom is 0.0747 e. The third-order valence-electron chi connectivity index (χ3n) is 11.4. The Labute approximate surface area is 293 Å². The molecule has 10 rings (SSSR count). The number of anilines is 3. The van der Waals surface area contributed by atoms with Crippen molar-refractivity contribution >= 4 is 38.6 Å². The number of hydrogen-bond donors (Lipinski definition) is 0. The van der Waals surface area contributed by atoms with Crippen molar-refractivity contribution in [2.24, 2.45) is 0 Å². The molecule has 238 valence electrons. The van der Waals surface area contributed by atoms with E-state index in [1.165, 1.54) is 99.8 Å². The quantitative estimate of drug-likeness (QED) is 0.187. The van der Waals surface area contributed by atoms with E-state index in [0.29, 0.717) is 0 Å². The molecule has 0 atom stereocenters. The van der Waals surface area contributed by atoms with Gasteiger partial charge in [0.25, 0.3) is 0 Å². The highest BCUT2D eigenvalue weighted by molar-refractivity contribution is 6.02. The predicted molar refractivity (Wildman–Crippen MR) is 208 cm³/mol. The third-order valence-corrected chi connectivity index (χ3v) is 11.4.